The van der Waals surface area contributed by atoms with Crippen LogP contribution in [0.1, 0.15) is 12.5 Å². The predicted molar refractivity (Wildman–Crippen MR) is 58.6 cm³/mol. The Hall–Kier alpha value is -2.24. The van der Waals surface area contributed by atoms with Crippen molar-refractivity contribution in [2.45, 2.75) is 6.92 Å². The zero-order chi connectivity index (χ0) is 13.7. The number of benzene rings is 1. The standard InChI is InChI=1S/C12H10F2O4/c1-2-18-12(17)10(16)6-9(15)11-7(13)4-3-5-8(11)14/h3-6,15H,2H2,1H3. The minimum absolute atomic E-state index is 0.0206. The van der Waals surface area contributed by atoms with Crippen molar-refractivity contribution in [1.82, 2.24) is 0 Å². The maximum absolute atomic E-state index is 13.2. The van der Waals surface area contributed by atoms with Gasteiger partial charge in [0, 0.05) is 6.08 Å². The Morgan fingerprint density at radius 1 is 1.33 bits per heavy atom. The van der Waals surface area contributed by atoms with E-state index in [0.717, 1.165) is 18.2 Å². The molecule has 1 aromatic carbocycles. The molecule has 1 aromatic rings. The van der Waals surface area contributed by atoms with Gasteiger partial charge in [-0.2, -0.15) is 0 Å². The average Bonchev–Trinajstić information content (AvgIpc) is 2.28. The third kappa shape index (κ3) is 3.13. The van der Waals surface area contributed by atoms with Crippen molar-refractivity contribution in [2.24, 2.45) is 0 Å². The minimum atomic E-state index is -1.21. The molecule has 0 heterocycles. The SMILES string of the molecule is CCOC(=O)C(=O)C=C(O)c1c(F)cccc1F. The van der Waals surface area contributed by atoms with Crippen molar-refractivity contribution in [3.05, 3.63) is 41.5 Å². The Labute approximate surface area is 101 Å². The number of aliphatic hydroxyl groups excluding tert-OH is 1. The Kier molecular flexibility index (Phi) is 4.53. The fraction of sp³-hybridized carbons (Fsp3) is 0.167. The molecule has 0 aliphatic carbocycles. The molecule has 1 rings (SSSR count). The van der Waals surface area contributed by atoms with Crippen LogP contribution in [0, 0.1) is 11.6 Å². The molecule has 96 valence electrons. The lowest BCUT2D eigenvalue weighted by molar-refractivity contribution is -0.151. The first-order chi connectivity index (χ1) is 8.47. The number of aliphatic hydroxyl groups is 1. The van der Waals surface area contributed by atoms with E-state index >= 15 is 0 Å². The van der Waals surface area contributed by atoms with E-state index in [1.54, 1.807) is 0 Å². The van der Waals surface area contributed by atoms with Gasteiger partial charge < -0.3 is 9.84 Å². The third-order valence-corrected chi connectivity index (χ3v) is 1.96. The number of hydrogen-bond acceptors (Lipinski definition) is 4. The van der Waals surface area contributed by atoms with Crippen LogP contribution in [0.25, 0.3) is 5.76 Å². The summed E-state index contributed by atoms with van der Waals surface area (Å²) in [6.07, 6.45) is 0.416. The predicted octanol–water partition coefficient (Wildman–Crippen LogP) is 2.00. The van der Waals surface area contributed by atoms with Crippen LogP contribution in [0.15, 0.2) is 24.3 Å². The molecular formula is C12H10F2O4. The molecule has 0 aliphatic rings. The van der Waals surface area contributed by atoms with E-state index < -0.39 is 34.7 Å². The second kappa shape index (κ2) is 5.90. The Morgan fingerprint density at radius 2 is 1.89 bits per heavy atom. The Balaban J connectivity index is 3.03. The van der Waals surface area contributed by atoms with Crippen molar-refractivity contribution in [3.63, 3.8) is 0 Å². The molecule has 0 atom stereocenters. The molecule has 0 bridgehead atoms. The van der Waals surface area contributed by atoms with Gasteiger partial charge in [-0.05, 0) is 19.1 Å². The van der Waals surface area contributed by atoms with Crippen LogP contribution in [0.2, 0.25) is 0 Å². The summed E-state index contributed by atoms with van der Waals surface area (Å²) in [6.45, 7) is 1.47. The number of rotatable bonds is 4. The summed E-state index contributed by atoms with van der Waals surface area (Å²) in [6, 6.07) is 2.93. The van der Waals surface area contributed by atoms with Gasteiger partial charge >= 0.3 is 5.97 Å². The molecule has 18 heavy (non-hydrogen) atoms. The number of ether oxygens (including phenoxy) is 1. The summed E-state index contributed by atoms with van der Waals surface area (Å²) in [5.41, 5.74) is -0.768. The van der Waals surface area contributed by atoms with E-state index in [1.165, 1.54) is 6.92 Å². The van der Waals surface area contributed by atoms with Gasteiger partial charge in [0.1, 0.15) is 17.4 Å². The van der Waals surface area contributed by atoms with Crippen LogP contribution < -0.4 is 0 Å². The van der Waals surface area contributed by atoms with Gasteiger partial charge in [0.05, 0.1) is 12.2 Å². The maximum atomic E-state index is 13.2. The molecular weight excluding hydrogens is 246 g/mol. The lowest BCUT2D eigenvalue weighted by Gasteiger charge is -2.03. The first-order valence-electron chi connectivity index (χ1n) is 5.03. The van der Waals surface area contributed by atoms with Crippen LogP contribution >= 0.6 is 0 Å². The third-order valence-electron chi connectivity index (χ3n) is 1.96. The van der Waals surface area contributed by atoms with Crippen molar-refractivity contribution < 1.29 is 28.2 Å². The van der Waals surface area contributed by atoms with Crippen LogP contribution in [0.5, 0.6) is 0 Å². The molecule has 0 amide bonds. The lowest BCUT2D eigenvalue weighted by Crippen LogP contribution is -2.15. The normalized spacial score (nSPS) is 11.2. The smallest absolute Gasteiger partial charge is 0.379 e. The molecule has 0 aromatic heterocycles. The number of carbonyl (C=O) groups is 2. The lowest BCUT2D eigenvalue weighted by atomic mass is 10.1. The maximum Gasteiger partial charge on any atom is 0.379 e. The second-order valence-electron chi connectivity index (χ2n) is 3.21. The van der Waals surface area contributed by atoms with E-state index in [2.05, 4.69) is 4.74 Å². The van der Waals surface area contributed by atoms with Crippen LogP contribution in [0.3, 0.4) is 0 Å². The highest BCUT2D eigenvalue weighted by Crippen LogP contribution is 2.19. The summed E-state index contributed by atoms with van der Waals surface area (Å²) in [5.74, 6) is -5.46. The number of esters is 1. The first-order valence-corrected chi connectivity index (χ1v) is 5.03. The van der Waals surface area contributed by atoms with Crippen LogP contribution in [0.4, 0.5) is 8.78 Å². The summed E-state index contributed by atoms with van der Waals surface area (Å²) >= 11 is 0. The molecule has 0 aliphatic heterocycles. The van der Waals surface area contributed by atoms with Gasteiger partial charge in [0.25, 0.3) is 5.78 Å². The average molecular weight is 256 g/mol. The molecule has 0 fully saturated rings. The van der Waals surface area contributed by atoms with Crippen LogP contribution in [-0.4, -0.2) is 23.5 Å². The van der Waals surface area contributed by atoms with Gasteiger partial charge in [-0.25, -0.2) is 13.6 Å². The summed E-state index contributed by atoms with van der Waals surface area (Å²) in [5, 5.41) is 9.42. The van der Waals surface area contributed by atoms with Crippen molar-refractivity contribution in [3.8, 4) is 0 Å². The molecule has 1 N–H and O–H groups in total. The van der Waals surface area contributed by atoms with Gasteiger partial charge in [0.15, 0.2) is 0 Å². The molecule has 0 radical (unpaired) electrons. The van der Waals surface area contributed by atoms with Crippen molar-refractivity contribution in [1.29, 1.82) is 0 Å². The van der Waals surface area contributed by atoms with Gasteiger partial charge in [0.2, 0.25) is 0 Å². The molecule has 6 heteroatoms. The quantitative estimate of drug-likeness (QED) is 0.387. The molecule has 0 saturated heterocycles. The van der Waals surface area contributed by atoms with E-state index in [0.29, 0.717) is 6.08 Å². The van der Waals surface area contributed by atoms with E-state index in [1.807, 2.05) is 0 Å². The second-order valence-corrected chi connectivity index (χ2v) is 3.21. The molecule has 4 nitrogen and oxygen atoms in total. The number of ketones is 1. The number of halogens is 2. The summed E-state index contributed by atoms with van der Waals surface area (Å²) < 4.78 is 30.8. The number of carbonyl (C=O) groups excluding carboxylic acids is 2. The highest BCUT2D eigenvalue weighted by atomic mass is 19.1. The monoisotopic (exact) mass is 256 g/mol. The fourth-order valence-electron chi connectivity index (χ4n) is 1.20. The van der Waals surface area contributed by atoms with Gasteiger partial charge in [-0.15, -0.1) is 0 Å². The van der Waals surface area contributed by atoms with E-state index in [9.17, 15) is 23.5 Å². The van der Waals surface area contributed by atoms with E-state index in [-0.39, 0.29) is 6.61 Å². The Morgan fingerprint density at radius 3 is 2.39 bits per heavy atom. The molecule has 0 saturated carbocycles. The molecule has 0 spiro atoms. The largest absolute Gasteiger partial charge is 0.507 e. The fourth-order valence-corrected chi connectivity index (χ4v) is 1.20. The highest BCUT2D eigenvalue weighted by molar-refractivity contribution is 6.39. The zero-order valence-corrected chi connectivity index (χ0v) is 9.44. The topological polar surface area (TPSA) is 63.6 Å². The highest BCUT2D eigenvalue weighted by Gasteiger charge is 2.17. The zero-order valence-electron chi connectivity index (χ0n) is 9.44. The van der Waals surface area contributed by atoms with E-state index in [4.69, 9.17) is 0 Å². The molecule has 0 unspecified atom stereocenters. The van der Waals surface area contributed by atoms with Crippen molar-refractivity contribution >= 4 is 17.5 Å². The minimum Gasteiger partial charge on any atom is -0.507 e. The van der Waals surface area contributed by atoms with Crippen molar-refractivity contribution in [2.75, 3.05) is 6.61 Å². The summed E-state index contributed by atoms with van der Waals surface area (Å²) in [7, 11) is 0. The van der Waals surface area contributed by atoms with Crippen LogP contribution in [-0.2, 0) is 14.3 Å². The first kappa shape index (κ1) is 13.8. The van der Waals surface area contributed by atoms with Gasteiger partial charge in [-0.3, -0.25) is 4.79 Å². The number of hydrogen-bond donors (Lipinski definition) is 1. The van der Waals surface area contributed by atoms with Gasteiger partial charge in [-0.1, -0.05) is 6.07 Å². The Bertz CT molecular complexity index is 489. The summed E-state index contributed by atoms with van der Waals surface area (Å²) in [4.78, 5) is 22.1.